The first-order chi connectivity index (χ1) is 9.45. The molecule has 0 saturated carbocycles. The molecular weight excluding hydrogens is 301 g/mol. The average molecular weight is 316 g/mol. The summed E-state index contributed by atoms with van der Waals surface area (Å²) in [5.74, 6) is -0.754. The Hall–Kier alpha value is -1.26. The lowest BCUT2D eigenvalue weighted by Gasteiger charge is -2.16. The Morgan fingerprint density at radius 1 is 1.30 bits per heavy atom. The molecule has 0 aliphatic carbocycles. The highest BCUT2D eigenvalue weighted by Gasteiger charge is 2.27. The fourth-order valence-electron chi connectivity index (χ4n) is 2.41. The molecule has 1 heterocycles. The van der Waals surface area contributed by atoms with Crippen molar-refractivity contribution >= 4 is 35.1 Å². The van der Waals surface area contributed by atoms with Crippen molar-refractivity contribution in [2.75, 3.05) is 13.1 Å². The lowest BCUT2D eigenvalue weighted by molar-refractivity contribution is -0.138. The van der Waals surface area contributed by atoms with E-state index in [2.05, 4.69) is 0 Å². The third kappa shape index (κ3) is 3.87. The second-order valence-electron chi connectivity index (χ2n) is 5.02. The number of rotatable bonds is 4. The Balaban J connectivity index is 1.92. The van der Waals surface area contributed by atoms with E-state index in [1.165, 1.54) is 0 Å². The van der Waals surface area contributed by atoms with E-state index in [-0.39, 0.29) is 24.7 Å². The van der Waals surface area contributed by atoms with Crippen LogP contribution >= 0.6 is 23.2 Å². The highest BCUT2D eigenvalue weighted by Crippen LogP contribution is 2.24. The van der Waals surface area contributed by atoms with E-state index in [4.69, 9.17) is 28.3 Å². The number of carbonyl (C=O) groups excluding carboxylic acids is 1. The molecule has 1 amide bonds. The fraction of sp³-hybridized carbons (Fsp3) is 0.429. The number of halogens is 2. The number of aliphatic carboxylic acids is 1. The van der Waals surface area contributed by atoms with Crippen LogP contribution in [0.3, 0.4) is 0 Å². The Kier molecular flexibility index (Phi) is 4.89. The van der Waals surface area contributed by atoms with Gasteiger partial charge in [0, 0.05) is 19.5 Å². The lowest BCUT2D eigenvalue weighted by atomic mass is 10.1. The minimum atomic E-state index is -0.811. The van der Waals surface area contributed by atoms with Crippen LogP contribution in [-0.4, -0.2) is 35.0 Å². The van der Waals surface area contributed by atoms with E-state index in [0.717, 1.165) is 12.0 Å². The van der Waals surface area contributed by atoms with Crippen LogP contribution in [0.2, 0.25) is 10.0 Å². The number of nitrogens with zero attached hydrogens (tertiary/aromatic N) is 1. The number of likely N-dealkylation sites (tertiary alicyclic amines) is 1. The van der Waals surface area contributed by atoms with Crippen molar-refractivity contribution in [3.63, 3.8) is 0 Å². The van der Waals surface area contributed by atoms with Gasteiger partial charge in [0.1, 0.15) is 0 Å². The van der Waals surface area contributed by atoms with Crippen LogP contribution in [0.25, 0.3) is 0 Å². The van der Waals surface area contributed by atoms with Gasteiger partial charge in [0.05, 0.1) is 16.5 Å². The summed E-state index contributed by atoms with van der Waals surface area (Å²) < 4.78 is 0. The normalized spacial score (nSPS) is 18.3. The molecule has 1 aromatic carbocycles. The lowest BCUT2D eigenvalue weighted by Crippen LogP contribution is -2.30. The molecular formula is C14H15Cl2NO3. The van der Waals surface area contributed by atoms with E-state index < -0.39 is 5.97 Å². The molecule has 1 saturated heterocycles. The molecule has 108 valence electrons. The van der Waals surface area contributed by atoms with Crippen molar-refractivity contribution in [2.45, 2.75) is 19.3 Å². The third-order valence-electron chi connectivity index (χ3n) is 3.44. The van der Waals surface area contributed by atoms with Crippen LogP contribution < -0.4 is 0 Å². The Labute approximate surface area is 127 Å². The van der Waals surface area contributed by atoms with E-state index in [9.17, 15) is 9.59 Å². The maximum atomic E-state index is 12.1. The van der Waals surface area contributed by atoms with Gasteiger partial charge < -0.3 is 10.0 Å². The van der Waals surface area contributed by atoms with E-state index in [1.54, 1.807) is 23.1 Å². The van der Waals surface area contributed by atoms with Crippen molar-refractivity contribution in [3.8, 4) is 0 Å². The molecule has 1 aliphatic rings. The first-order valence-electron chi connectivity index (χ1n) is 6.39. The number of carbonyl (C=O) groups is 2. The maximum Gasteiger partial charge on any atom is 0.303 e. The first-order valence-corrected chi connectivity index (χ1v) is 7.15. The van der Waals surface area contributed by atoms with Crippen LogP contribution in [0, 0.1) is 5.92 Å². The van der Waals surface area contributed by atoms with Crippen molar-refractivity contribution < 1.29 is 14.7 Å². The smallest absolute Gasteiger partial charge is 0.303 e. The minimum Gasteiger partial charge on any atom is -0.481 e. The third-order valence-corrected chi connectivity index (χ3v) is 4.18. The summed E-state index contributed by atoms with van der Waals surface area (Å²) in [5.41, 5.74) is 0.811. The van der Waals surface area contributed by atoms with Gasteiger partial charge in [-0.05, 0) is 30.0 Å². The van der Waals surface area contributed by atoms with Gasteiger partial charge in [-0.15, -0.1) is 0 Å². The largest absolute Gasteiger partial charge is 0.481 e. The summed E-state index contributed by atoms with van der Waals surface area (Å²) in [6.45, 7) is 1.14. The predicted molar refractivity (Wildman–Crippen MR) is 77.1 cm³/mol. The van der Waals surface area contributed by atoms with Crippen molar-refractivity contribution in [2.24, 2.45) is 5.92 Å². The molecule has 4 nitrogen and oxygen atoms in total. The molecule has 1 unspecified atom stereocenters. The molecule has 0 aromatic heterocycles. The minimum absolute atomic E-state index is 0.00345. The SMILES string of the molecule is O=C(O)CC1CCN(C(=O)Cc2ccc(Cl)c(Cl)c2)C1. The van der Waals surface area contributed by atoms with Gasteiger partial charge in [-0.1, -0.05) is 29.3 Å². The zero-order valence-corrected chi connectivity index (χ0v) is 12.3. The predicted octanol–water partition coefficient (Wildman–Crippen LogP) is 2.86. The zero-order chi connectivity index (χ0) is 14.7. The molecule has 0 spiro atoms. The van der Waals surface area contributed by atoms with Crippen LogP contribution in [0.4, 0.5) is 0 Å². The topological polar surface area (TPSA) is 57.6 Å². The molecule has 1 aliphatic heterocycles. The molecule has 6 heteroatoms. The van der Waals surface area contributed by atoms with Crippen molar-refractivity contribution in [1.82, 2.24) is 4.90 Å². The van der Waals surface area contributed by atoms with Crippen LogP contribution in [0.15, 0.2) is 18.2 Å². The number of hydrogen-bond donors (Lipinski definition) is 1. The van der Waals surface area contributed by atoms with Crippen molar-refractivity contribution in [1.29, 1.82) is 0 Å². The second-order valence-corrected chi connectivity index (χ2v) is 5.83. The molecule has 2 rings (SSSR count). The highest BCUT2D eigenvalue weighted by atomic mass is 35.5. The number of amides is 1. The summed E-state index contributed by atoms with van der Waals surface area (Å²) >= 11 is 11.7. The van der Waals surface area contributed by atoms with E-state index in [0.29, 0.717) is 23.1 Å². The summed E-state index contributed by atoms with van der Waals surface area (Å²) in [4.78, 5) is 24.5. The van der Waals surface area contributed by atoms with Crippen LogP contribution in [0.5, 0.6) is 0 Å². The summed E-state index contributed by atoms with van der Waals surface area (Å²) in [5, 5.41) is 9.66. The van der Waals surface area contributed by atoms with Gasteiger partial charge in [-0.2, -0.15) is 0 Å². The molecule has 1 atom stereocenters. The highest BCUT2D eigenvalue weighted by molar-refractivity contribution is 6.42. The molecule has 0 bridgehead atoms. The van der Waals surface area contributed by atoms with E-state index in [1.807, 2.05) is 0 Å². The van der Waals surface area contributed by atoms with Crippen LogP contribution in [-0.2, 0) is 16.0 Å². The second kappa shape index (κ2) is 6.46. The van der Waals surface area contributed by atoms with Gasteiger partial charge >= 0.3 is 5.97 Å². The summed E-state index contributed by atoms with van der Waals surface area (Å²) in [7, 11) is 0. The monoisotopic (exact) mass is 315 g/mol. The number of carboxylic acids is 1. The molecule has 1 aromatic rings. The zero-order valence-electron chi connectivity index (χ0n) is 10.8. The molecule has 1 fully saturated rings. The van der Waals surface area contributed by atoms with Gasteiger partial charge in [0.15, 0.2) is 0 Å². The fourth-order valence-corrected chi connectivity index (χ4v) is 2.73. The standard InChI is InChI=1S/C14H15Cl2NO3/c15-11-2-1-9(5-12(11)16)6-13(18)17-4-3-10(8-17)7-14(19)20/h1-2,5,10H,3-4,6-8H2,(H,19,20). The van der Waals surface area contributed by atoms with Crippen molar-refractivity contribution in [3.05, 3.63) is 33.8 Å². The molecule has 0 radical (unpaired) electrons. The van der Waals surface area contributed by atoms with Gasteiger partial charge in [0.2, 0.25) is 5.91 Å². The number of carboxylic acid groups (broad SMARTS) is 1. The quantitative estimate of drug-likeness (QED) is 0.929. The Morgan fingerprint density at radius 2 is 2.05 bits per heavy atom. The summed E-state index contributed by atoms with van der Waals surface area (Å²) in [6, 6.07) is 5.13. The van der Waals surface area contributed by atoms with Gasteiger partial charge in [0.25, 0.3) is 0 Å². The van der Waals surface area contributed by atoms with Gasteiger partial charge in [-0.3, -0.25) is 9.59 Å². The first kappa shape index (κ1) is 15.1. The average Bonchev–Trinajstić information content (AvgIpc) is 2.81. The van der Waals surface area contributed by atoms with Crippen LogP contribution in [0.1, 0.15) is 18.4 Å². The van der Waals surface area contributed by atoms with Gasteiger partial charge in [-0.25, -0.2) is 0 Å². The van der Waals surface area contributed by atoms with E-state index >= 15 is 0 Å². The molecule has 1 N–H and O–H groups in total. The Morgan fingerprint density at radius 3 is 2.70 bits per heavy atom. The Bertz CT molecular complexity index is 533. The number of benzene rings is 1. The number of hydrogen-bond acceptors (Lipinski definition) is 2. The maximum absolute atomic E-state index is 12.1. The summed E-state index contributed by atoms with van der Waals surface area (Å²) in [6.07, 6.45) is 1.13. The molecule has 20 heavy (non-hydrogen) atoms.